The van der Waals surface area contributed by atoms with Crippen LogP contribution in [0.4, 0.5) is 0 Å². The molecule has 0 amide bonds. The average Bonchev–Trinajstić information content (AvgIpc) is 2.39. The van der Waals surface area contributed by atoms with Crippen molar-refractivity contribution in [3.8, 4) is 5.75 Å². The van der Waals surface area contributed by atoms with Crippen LogP contribution in [0.5, 0.6) is 5.75 Å². The van der Waals surface area contributed by atoms with E-state index in [0.717, 1.165) is 18.6 Å². The molecule has 1 aliphatic carbocycles. The first-order valence-electron chi connectivity index (χ1n) is 6.37. The number of unbranched alkanes of at least 4 members (excludes halogenated alkanes) is 1. The molecule has 1 nitrogen and oxygen atoms in total. The molecule has 0 atom stereocenters. The second-order valence-electron chi connectivity index (χ2n) is 4.33. The molecule has 2 rings (SSSR count). The molecule has 2 heteroatoms. The fraction of sp³-hybridized carbons (Fsp3) is 0.438. The number of rotatable bonds is 2. The molecule has 0 spiro atoms. The van der Waals surface area contributed by atoms with Crippen molar-refractivity contribution in [2.45, 2.75) is 39.0 Å². The fourth-order valence-electron chi connectivity index (χ4n) is 1.86. The first kappa shape index (κ1) is 17.4. The number of aryl methyl sites for hydroxylation is 1. The van der Waals surface area contributed by atoms with E-state index < -0.39 is 0 Å². The van der Waals surface area contributed by atoms with E-state index in [2.05, 4.69) is 32.6 Å². The predicted octanol–water partition coefficient (Wildman–Crippen LogP) is 1.67. The maximum absolute atomic E-state index is 5.19. The summed E-state index contributed by atoms with van der Waals surface area (Å²) in [4.78, 5) is 0. The van der Waals surface area contributed by atoms with Crippen LogP contribution >= 0.6 is 0 Å². The van der Waals surface area contributed by atoms with Crippen molar-refractivity contribution < 1.29 is 23.6 Å². The molecule has 0 N–H and O–H groups in total. The van der Waals surface area contributed by atoms with Crippen LogP contribution in [-0.2, 0) is 6.42 Å². The molecule has 1 aliphatic rings. The van der Waals surface area contributed by atoms with Crippen molar-refractivity contribution in [3.05, 3.63) is 42.8 Å². The molecule has 1 aromatic carbocycles. The van der Waals surface area contributed by atoms with Gasteiger partial charge in [-0.3, -0.25) is 0 Å². The minimum atomic E-state index is 0. The molecule has 0 bridgehead atoms. The quantitative estimate of drug-likeness (QED) is 0.562. The standard InChI is InChI=1S/C12H14O.C4H9.Li/c1-9-4-3-5-10-6-7-11(13-2)8-12(9)10;1-3-4-2;/h6-8H,1,3-5H2,2H3;1,3-4H2,2H3;/q;-1;+1. The van der Waals surface area contributed by atoms with Crippen LogP contribution in [0.3, 0.4) is 0 Å². The Hall–Kier alpha value is -0.643. The molecule has 0 saturated carbocycles. The summed E-state index contributed by atoms with van der Waals surface area (Å²) in [7, 11) is 1.70. The van der Waals surface area contributed by atoms with E-state index in [1.807, 2.05) is 6.07 Å². The van der Waals surface area contributed by atoms with Gasteiger partial charge in [-0.15, -0.1) is 0 Å². The number of benzene rings is 1. The van der Waals surface area contributed by atoms with Crippen LogP contribution in [-0.4, -0.2) is 7.11 Å². The maximum atomic E-state index is 5.19. The molecule has 94 valence electrons. The van der Waals surface area contributed by atoms with Crippen LogP contribution in [0, 0.1) is 6.92 Å². The van der Waals surface area contributed by atoms with Gasteiger partial charge in [-0.1, -0.05) is 26.0 Å². The van der Waals surface area contributed by atoms with Gasteiger partial charge in [-0.2, -0.15) is 6.42 Å². The monoisotopic (exact) mass is 238 g/mol. The van der Waals surface area contributed by atoms with E-state index in [-0.39, 0.29) is 18.9 Å². The Morgan fingerprint density at radius 2 is 2.00 bits per heavy atom. The minimum absolute atomic E-state index is 0. The van der Waals surface area contributed by atoms with Gasteiger partial charge in [-0.25, -0.2) is 0 Å². The van der Waals surface area contributed by atoms with Crippen molar-refractivity contribution in [1.29, 1.82) is 0 Å². The third-order valence-electron chi connectivity index (χ3n) is 2.98. The van der Waals surface area contributed by atoms with Gasteiger partial charge in [0.2, 0.25) is 0 Å². The molecule has 0 radical (unpaired) electrons. The summed E-state index contributed by atoms with van der Waals surface area (Å²) in [5.41, 5.74) is 3.96. The van der Waals surface area contributed by atoms with E-state index in [0.29, 0.717) is 0 Å². The van der Waals surface area contributed by atoms with Crippen LogP contribution in [0.15, 0.2) is 24.8 Å². The van der Waals surface area contributed by atoms with Crippen LogP contribution in [0.1, 0.15) is 43.7 Å². The Kier molecular flexibility index (Phi) is 8.98. The normalized spacial score (nSPS) is 12.7. The van der Waals surface area contributed by atoms with Crippen LogP contribution in [0.25, 0.3) is 5.57 Å². The van der Waals surface area contributed by atoms with Crippen LogP contribution in [0.2, 0.25) is 0 Å². The Labute approximate surface area is 124 Å². The molecular formula is C16H23LiO. The number of hydrogen-bond acceptors (Lipinski definition) is 1. The topological polar surface area (TPSA) is 9.23 Å². The van der Waals surface area contributed by atoms with E-state index in [9.17, 15) is 0 Å². The van der Waals surface area contributed by atoms with Gasteiger partial charge in [-0.05, 0) is 48.1 Å². The number of hydrogen-bond donors (Lipinski definition) is 0. The van der Waals surface area contributed by atoms with Gasteiger partial charge >= 0.3 is 18.9 Å². The largest absolute Gasteiger partial charge is 1.00 e. The van der Waals surface area contributed by atoms with Gasteiger partial charge < -0.3 is 11.7 Å². The zero-order valence-electron chi connectivity index (χ0n) is 12.1. The summed E-state index contributed by atoms with van der Waals surface area (Å²) in [6.07, 6.45) is 5.82. The number of fused-ring (bicyclic) bond motifs is 1. The van der Waals surface area contributed by atoms with Crippen molar-refractivity contribution in [2.75, 3.05) is 7.11 Å². The van der Waals surface area contributed by atoms with Crippen molar-refractivity contribution in [1.82, 2.24) is 0 Å². The molecule has 0 unspecified atom stereocenters. The molecule has 0 saturated heterocycles. The van der Waals surface area contributed by atoms with Gasteiger partial charge in [0.15, 0.2) is 0 Å². The number of methoxy groups -OCH3 is 1. The molecule has 0 fully saturated rings. The van der Waals surface area contributed by atoms with E-state index >= 15 is 0 Å². The summed E-state index contributed by atoms with van der Waals surface area (Å²) in [6.45, 7) is 9.80. The Morgan fingerprint density at radius 1 is 1.33 bits per heavy atom. The summed E-state index contributed by atoms with van der Waals surface area (Å²) in [5.74, 6) is 0.932. The van der Waals surface area contributed by atoms with Gasteiger partial charge in [0.05, 0.1) is 7.11 Å². The SMILES string of the molecule is C=C1CCCc2ccc(OC)cc21.[CH2-]CCC.[Li+]. The third kappa shape index (κ3) is 4.92. The van der Waals surface area contributed by atoms with Crippen molar-refractivity contribution in [2.24, 2.45) is 0 Å². The van der Waals surface area contributed by atoms with E-state index in [4.69, 9.17) is 4.74 Å². The van der Waals surface area contributed by atoms with Crippen molar-refractivity contribution in [3.63, 3.8) is 0 Å². The molecule has 1 aromatic rings. The molecule has 0 aliphatic heterocycles. The minimum Gasteiger partial charge on any atom is -0.497 e. The summed E-state index contributed by atoms with van der Waals surface area (Å²) < 4.78 is 5.19. The predicted molar refractivity (Wildman–Crippen MR) is 75.2 cm³/mol. The van der Waals surface area contributed by atoms with Gasteiger partial charge in [0.1, 0.15) is 5.75 Å². The van der Waals surface area contributed by atoms with Gasteiger partial charge in [0.25, 0.3) is 0 Å². The second kappa shape index (κ2) is 9.31. The number of allylic oxidation sites excluding steroid dienone is 1. The average molecular weight is 238 g/mol. The first-order chi connectivity index (χ1) is 8.22. The number of ether oxygens (including phenoxy) is 1. The van der Waals surface area contributed by atoms with Crippen LogP contribution < -0.4 is 23.6 Å². The zero-order chi connectivity index (χ0) is 12.7. The van der Waals surface area contributed by atoms with Crippen molar-refractivity contribution >= 4 is 5.57 Å². The Bertz CT molecular complexity index is 369. The summed E-state index contributed by atoms with van der Waals surface area (Å²) in [6, 6.07) is 6.27. The third-order valence-corrected chi connectivity index (χ3v) is 2.98. The molecule has 18 heavy (non-hydrogen) atoms. The fourth-order valence-corrected chi connectivity index (χ4v) is 1.86. The molecular weight excluding hydrogens is 215 g/mol. The second-order valence-corrected chi connectivity index (χ2v) is 4.33. The maximum Gasteiger partial charge on any atom is 1.00 e. The Balaban J connectivity index is 0.000000512. The Morgan fingerprint density at radius 3 is 2.56 bits per heavy atom. The summed E-state index contributed by atoms with van der Waals surface area (Å²) in [5, 5.41) is 0. The van der Waals surface area contributed by atoms with E-state index in [1.165, 1.54) is 36.0 Å². The molecule has 0 heterocycles. The smallest absolute Gasteiger partial charge is 0.497 e. The zero-order valence-corrected chi connectivity index (χ0v) is 12.1. The summed E-state index contributed by atoms with van der Waals surface area (Å²) >= 11 is 0. The van der Waals surface area contributed by atoms with E-state index in [1.54, 1.807) is 7.11 Å². The van der Waals surface area contributed by atoms with Gasteiger partial charge in [0, 0.05) is 0 Å². The first-order valence-corrected chi connectivity index (χ1v) is 6.37. The molecule has 0 aromatic heterocycles.